The molecule has 5 nitrogen and oxygen atoms in total. The second-order valence-corrected chi connectivity index (χ2v) is 4.43. The lowest BCUT2D eigenvalue weighted by atomic mass is 10.2. The van der Waals surface area contributed by atoms with Gasteiger partial charge in [0.2, 0.25) is 5.91 Å². The molecule has 1 atom stereocenters. The molecular formula is C12H17N3O2. The van der Waals surface area contributed by atoms with Gasteiger partial charge in [0.05, 0.1) is 12.3 Å². The summed E-state index contributed by atoms with van der Waals surface area (Å²) in [5.41, 5.74) is 0.880. The highest BCUT2D eigenvalue weighted by atomic mass is 16.3. The second kappa shape index (κ2) is 5.14. The van der Waals surface area contributed by atoms with E-state index in [1.807, 2.05) is 13.2 Å². The summed E-state index contributed by atoms with van der Waals surface area (Å²) in [5, 5.41) is 16.2. The lowest BCUT2D eigenvalue weighted by Gasteiger charge is -2.08. The first kappa shape index (κ1) is 11.9. The van der Waals surface area contributed by atoms with Crippen LogP contribution >= 0.6 is 0 Å². The number of aryl methyl sites for hydroxylation is 1. The Bertz CT molecular complexity index is 421. The molecule has 0 saturated heterocycles. The summed E-state index contributed by atoms with van der Waals surface area (Å²) in [7, 11) is 1.82. The van der Waals surface area contributed by atoms with Crippen molar-refractivity contribution in [2.75, 3.05) is 6.54 Å². The summed E-state index contributed by atoms with van der Waals surface area (Å²) in [5.74, 6) is 0.200. The number of hydrogen-bond acceptors (Lipinski definition) is 3. The molecule has 1 unspecified atom stereocenters. The summed E-state index contributed by atoms with van der Waals surface area (Å²) in [6, 6.07) is 0. The van der Waals surface area contributed by atoms with Gasteiger partial charge in [0.15, 0.2) is 0 Å². The SMILES string of the molecule is Cn1cc(/C=C/C(=O)NCC(O)C2CC2)cn1. The molecule has 2 N–H and O–H groups in total. The number of amides is 1. The third-order valence-electron chi connectivity index (χ3n) is 2.80. The van der Waals surface area contributed by atoms with Gasteiger partial charge < -0.3 is 10.4 Å². The smallest absolute Gasteiger partial charge is 0.244 e. The van der Waals surface area contributed by atoms with E-state index in [1.165, 1.54) is 6.08 Å². The standard InChI is InChI=1S/C12H17N3O2/c1-15-8-9(6-14-15)2-5-12(17)13-7-11(16)10-3-4-10/h2,5-6,8,10-11,16H,3-4,7H2,1H3,(H,13,17)/b5-2+. The molecule has 2 rings (SSSR count). The van der Waals surface area contributed by atoms with E-state index in [1.54, 1.807) is 17.0 Å². The van der Waals surface area contributed by atoms with Crippen molar-refractivity contribution in [3.8, 4) is 0 Å². The molecule has 0 aliphatic heterocycles. The van der Waals surface area contributed by atoms with Crippen LogP contribution in [0.4, 0.5) is 0 Å². The number of nitrogens with zero attached hydrogens (tertiary/aromatic N) is 2. The molecule has 1 aliphatic carbocycles. The van der Waals surface area contributed by atoms with Crippen LogP contribution < -0.4 is 5.32 Å². The topological polar surface area (TPSA) is 67.2 Å². The van der Waals surface area contributed by atoms with Gasteiger partial charge in [-0.3, -0.25) is 9.48 Å². The zero-order chi connectivity index (χ0) is 12.3. The molecule has 0 radical (unpaired) electrons. The van der Waals surface area contributed by atoms with E-state index in [0.717, 1.165) is 18.4 Å². The van der Waals surface area contributed by atoms with Gasteiger partial charge in [-0.2, -0.15) is 5.10 Å². The van der Waals surface area contributed by atoms with Crippen molar-refractivity contribution in [1.82, 2.24) is 15.1 Å². The molecule has 1 heterocycles. The maximum atomic E-state index is 11.4. The van der Waals surface area contributed by atoms with Crippen molar-refractivity contribution in [3.05, 3.63) is 24.0 Å². The number of nitrogens with one attached hydrogen (secondary N) is 1. The van der Waals surface area contributed by atoms with E-state index in [4.69, 9.17) is 0 Å². The Balaban J connectivity index is 1.74. The van der Waals surface area contributed by atoms with Crippen molar-refractivity contribution >= 4 is 12.0 Å². The van der Waals surface area contributed by atoms with Crippen LogP contribution in [0.15, 0.2) is 18.5 Å². The Hall–Kier alpha value is -1.62. The molecule has 0 aromatic carbocycles. The first-order chi connectivity index (χ1) is 8.15. The van der Waals surface area contributed by atoms with Crippen molar-refractivity contribution in [2.45, 2.75) is 18.9 Å². The van der Waals surface area contributed by atoms with Crippen molar-refractivity contribution in [2.24, 2.45) is 13.0 Å². The fourth-order valence-corrected chi connectivity index (χ4v) is 1.61. The highest BCUT2D eigenvalue weighted by Gasteiger charge is 2.29. The molecule has 1 amide bonds. The summed E-state index contributed by atoms with van der Waals surface area (Å²) in [6.07, 6.45) is 8.41. The van der Waals surface area contributed by atoms with Crippen LogP contribution in [0.2, 0.25) is 0 Å². The highest BCUT2D eigenvalue weighted by molar-refractivity contribution is 5.91. The molecule has 1 aromatic heterocycles. The summed E-state index contributed by atoms with van der Waals surface area (Å²) < 4.78 is 1.68. The van der Waals surface area contributed by atoms with Gasteiger partial charge in [0, 0.05) is 31.4 Å². The normalized spacial score (nSPS) is 17.3. The largest absolute Gasteiger partial charge is 0.391 e. The van der Waals surface area contributed by atoms with Crippen molar-refractivity contribution in [1.29, 1.82) is 0 Å². The van der Waals surface area contributed by atoms with E-state index in [2.05, 4.69) is 10.4 Å². The van der Waals surface area contributed by atoms with E-state index in [9.17, 15) is 9.90 Å². The Labute approximate surface area is 100 Å². The van der Waals surface area contributed by atoms with Gasteiger partial charge in [-0.05, 0) is 24.8 Å². The van der Waals surface area contributed by atoms with Crippen LogP contribution in [0.5, 0.6) is 0 Å². The molecule has 0 bridgehead atoms. The van der Waals surface area contributed by atoms with Crippen LogP contribution in [0.25, 0.3) is 6.08 Å². The van der Waals surface area contributed by atoms with Gasteiger partial charge in [-0.15, -0.1) is 0 Å². The van der Waals surface area contributed by atoms with Gasteiger partial charge in [-0.25, -0.2) is 0 Å². The van der Waals surface area contributed by atoms with Gasteiger partial charge in [0.25, 0.3) is 0 Å². The van der Waals surface area contributed by atoms with Crippen LogP contribution in [0.3, 0.4) is 0 Å². The first-order valence-electron chi connectivity index (χ1n) is 5.78. The number of carbonyl (C=O) groups is 1. The van der Waals surface area contributed by atoms with Crippen LogP contribution in [-0.4, -0.2) is 33.4 Å². The molecule has 1 aliphatic rings. The minimum Gasteiger partial charge on any atom is -0.391 e. The van der Waals surface area contributed by atoms with Crippen molar-refractivity contribution in [3.63, 3.8) is 0 Å². The van der Waals surface area contributed by atoms with E-state index >= 15 is 0 Å². The number of rotatable bonds is 5. The summed E-state index contributed by atoms with van der Waals surface area (Å²) >= 11 is 0. The van der Waals surface area contributed by atoms with E-state index < -0.39 is 6.10 Å². The zero-order valence-electron chi connectivity index (χ0n) is 9.84. The molecular weight excluding hydrogens is 218 g/mol. The lowest BCUT2D eigenvalue weighted by Crippen LogP contribution is -2.31. The highest BCUT2D eigenvalue weighted by Crippen LogP contribution is 2.32. The Morgan fingerprint density at radius 2 is 2.53 bits per heavy atom. The first-order valence-corrected chi connectivity index (χ1v) is 5.78. The number of hydrogen-bond donors (Lipinski definition) is 2. The number of aliphatic hydroxyl groups is 1. The Kier molecular flexibility index (Phi) is 3.58. The predicted octanol–water partition coefficient (Wildman–Crippen LogP) is 0.320. The fourth-order valence-electron chi connectivity index (χ4n) is 1.61. The number of aromatic nitrogens is 2. The van der Waals surface area contributed by atoms with E-state index in [0.29, 0.717) is 12.5 Å². The van der Waals surface area contributed by atoms with E-state index in [-0.39, 0.29) is 5.91 Å². The van der Waals surface area contributed by atoms with Gasteiger partial charge >= 0.3 is 0 Å². The summed E-state index contributed by atoms with van der Waals surface area (Å²) in [4.78, 5) is 11.4. The average molecular weight is 235 g/mol. The number of carbonyl (C=O) groups excluding carboxylic acids is 1. The van der Waals surface area contributed by atoms with Gasteiger partial charge in [0.1, 0.15) is 0 Å². The quantitative estimate of drug-likeness (QED) is 0.722. The monoisotopic (exact) mass is 235 g/mol. The maximum Gasteiger partial charge on any atom is 0.244 e. The summed E-state index contributed by atoms with van der Waals surface area (Å²) in [6.45, 7) is 0.334. The fraction of sp³-hybridized carbons (Fsp3) is 0.500. The molecule has 92 valence electrons. The molecule has 1 fully saturated rings. The Morgan fingerprint density at radius 1 is 1.76 bits per heavy atom. The minimum atomic E-state index is -0.397. The van der Waals surface area contributed by atoms with Crippen LogP contribution in [-0.2, 0) is 11.8 Å². The molecule has 1 saturated carbocycles. The maximum absolute atomic E-state index is 11.4. The third kappa shape index (κ3) is 3.71. The average Bonchev–Trinajstić information content (AvgIpc) is 3.07. The molecule has 0 spiro atoms. The second-order valence-electron chi connectivity index (χ2n) is 4.43. The Morgan fingerprint density at radius 3 is 3.12 bits per heavy atom. The molecule has 17 heavy (non-hydrogen) atoms. The predicted molar refractivity (Wildman–Crippen MR) is 64.0 cm³/mol. The van der Waals surface area contributed by atoms with Gasteiger partial charge in [-0.1, -0.05) is 0 Å². The molecule has 5 heteroatoms. The minimum absolute atomic E-state index is 0.187. The van der Waals surface area contributed by atoms with Crippen LogP contribution in [0.1, 0.15) is 18.4 Å². The lowest BCUT2D eigenvalue weighted by molar-refractivity contribution is -0.116. The third-order valence-corrected chi connectivity index (χ3v) is 2.80. The van der Waals surface area contributed by atoms with Crippen LogP contribution in [0, 0.1) is 5.92 Å². The number of aliphatic hydroxyl groups excluding tert-OH is 1. The van der Waals surface area contributed by atoms with Crippen molar-refractivity contribution < 1.29 is 9.90 Å². The zero-order valence-corrected chi connectivity index (χ0v) is 9.84. The molecule has 1 aromatic rings.